The van der Waals surface area contributed by atoms with Gasteiger partial charge in [0.05, 0.1) is 29.4 Å². The SMILES string of the molecule is COC(=O)Cc1cc(Cl)c([N+](=O)[O-])cc1[N+](=O)[O-]. The maximum Gasteiger partial charge on any atom is 0.310 e. The fraction of sp³-hybridized carbons (Fsp3) is 0.222. The zero-order valence-electron chi connectivity index (χ0n) is 9.08. The van der Waals surface area contributed by atoms with Crippen LogP contribution in [0.5, 0.6) is 0 Å². The predicted molar refractivity (Wildman–Crippen MR) is 60.5 cm³/mol. The van der Waals surface area contributed by atoms with Gasteiger partial charge in [-0.1, -0.05) is 11.6 Å². The van der Waals surface area contributed by atoms with Crippen LogP contribution in [0.15, 0.2) is 12.1 Å². The maximum absolute atomic E-state index is 11.1. The van der Waals surface area contributed by atoms with Gasteiger partial charge >= 0.3 is 5.97 Å². The highest BCUT2D eigenvalue weighted by molar-refractivity contribution is 6.32. The number of nitro groups is 2. The van der Waals surface area contributed by atoms with Gasteiger partial charge in [-0.2, -0.15) is 0 Å². The lowest BCUT2D eigenvalue weighted by molar-refractivity contribution is -0.394. The highest BCUT2D eigenvalue weighted by atomic mass is 35.5. The summed E-state index contributed by atoms with van der Waals surface area (Å²) in [6, 6.07) is 1.75. The molecular weight excluding hydrogens is 268 g/mol. The van der Waals surface area contributed by atoms with Crippen LogP contribution in [-0.2, 0) is 16.0 Å². The highest BCUT2D eigenvalue weighted by Crippen LogP contribution is 2.32. The van der Waals surface area contributed by atoms with Crippen molar-refractivity contribution in [3.8, 4) is 0 Å². The minimum Gasteiger partial charge on any atom is -0.469 e. The van der Waals surface area contributed by atoms with Crippen molar-refractivity contribution in [2.75, 3.05) is 7.11 Å². The van der Waals surface area contributed by atoms with Gasteiger partial charge in [0.25, 0.3) is 11.4 Å². The van der Waals surface area contributed by atoms with E-state index in [0.717, 1.165) is 19.2 Å². The molecule has 8 nitrogen and oxygen atoms in total. The van der Waals surface area contributed by atoms with Crippen LogP contribution in [0.1, 0.15) is 5.56 Å². The van der Waals surface area contributed by atoms with Gasteiger partial charge in [0.1, 0.15) is 5.02 Å². The third-order valence-electron chi connectivity index (χ3n) is 2.10. The predicted octanol–water partition coefficient (Wildman–Crippen LogP) is 1.87. The van der Waals surface area contributed by atoms with Crippen LogP contribution in [0.25, 0.3) is 0 Å². The van der Waals surface area contributed by atoms with Crippen molar-refractivity contribution >= 4 is 28.9 Å². The van der Waals surface area contributed by atoms with E-state index in [9.17, 15) is 25.0 Å². The number of carbonyl (C=O) groups excluding carboxylic acids is 1. The van der Waals surface area contributed by atoms with E-state index in [1.54, 1.807) is 0 Å². The van der Waals surface area contributed by atoms with Gasteiger partial charge in [0.15, 0.2) is 0 Å². The van der Waals surface area contributed by atoms with Crippen LogP contribution < -0.4 is 0 Å². The standard InChI is InChI=1S/C9H7ClN2O6/c1-18-9(13)3-5-2-6(10)8(12(16)17)4-7(5)11(14)15/h2,4H,3H2,1H3. The topological polar surface area (TPSA) is 113 Å². The molecule has 1 rings (SSSR count). The molecule has 0 spiro atoms. The molecule has 0 heterocycles. The van der Waals surface area contributed by atoms with Gasteiger partial charge < -0.3 is 4.74 Å². The van der Waals surface area contributed by atoms with Gasteiger partial charge in [-0.3, -0.25) is 25.0 Å². The first kappa shape index (κ1) is 13.8. The third kappa shape index (κ3) is 2.92. The second-order valence-corrected chi connectivity index (χ2v) is 3.61. The lowest BCUT2D eigenvalue weighted by Gasteiger charge is -2.03. The molecule has 0 saturated carbocycles. The molecular formula is C9H7ClN2O6. The minimum absolute atomic E-state index is 0.0394. The molecule has 1 aromatic rings. The summed E-state index contributed by atoms with van der Waals surface area (Å²) in [5, 5.41) is 21.1. The molecule has 0 amide bonds. The summed E-state index contributed by atoms with van der Waals surface area (Å²) in [6.45, 7) is 0. The van der Waals surface area contributed by atoms with Crippen LogP contribution in [0.4, 0.5) is 11.4 Å². The molecule has 0 aliphatic rings. The minimum atomic E-state index is -0.836. The molecule has 0 bridgehead atoms. The van der Waals surface area contributed by atoms with E-state index in [0.29, 0.717) is 0 Å². The Morgan fingerprint density at radius 2 is 1.83 bits per heavy atom. The average molecular weight is 275 g/mol. The molecule has 0 N–H and O–H groups in total. The molecule has 0 saturated heterocycles. The number of benzene rings is 1. The van der Waals surface area contributed by atoms with Gasteiger partial charge in [0, 0.05) is 5.56 Å². The van der Waals surface area contributed by atoms with Crippen molar-refractivity contribution in [2.45, 2.75) is 6.42 Å². The second kappa shape index (κ2) is 5.41. The van der Waals surface area contributed by atoms with E-state index in [4.69, 9.17) is 11.6 Å². The number of nitrogens with zero attached hydrogens (tertiary/aromatic N) is 2. The van der Waals surface area contributed by atoms with Crippen LogP contribution in [0.3, 0.4) is 0 Å². The van der Waals surface area contributed by atoms with Crippen molar-refractivity contribution in [1.82, 2.24) is 0 Å². The fourth-order valence-electron chi connectivity index (χ4n) is 1.27. The van der Waals surface area contributed by atoms with Crippen molar-refractivity contribution in [2.24, 2.45) is 0 Å². The molecule has 0 unspecified atom stereocenters. The molecule has 0 aliphatic carbocycles. The molecule has 96 valence electrons. The Hall–Kier alpha value is -2.22. The molecule has 0 radical (unpaired) electrons. The Bertz CT molecular complexity index is 530. The summed E-state index contributed by atoms with van der Waals surface area (Å²) in [7, 11) is 1.13. The number of halogens is 1. The van der Waals surface area contributed by atoms with E-state index in [1.807, 2.05) is 0 Å². The van der Waals surface area contributed by atoms with E-state index >= 15 is 0 Å². The molecule has 0 atom stereocenters. The molecule has 18 heavy (non-hydrogen) atoms. The van der Waals surface area contributed by atoms with Crippen LogP contribution in [0, 0.1) is 20.2 Å². The first-order chi connectivity index (χ1) is 8.36. The number of hydrogen-bond donors (Lipinski definition) is 0. The van der Waals surface area contributed by atoms with Crippen LogP contribution in [-0.4, -0.2) is 22.9 Å². The first-order valence-corrected chi connectivity index (χ1v) is 4.92. The Morgan fingerprint density at radius 1 is 1.28 bits per heavy atom. The number of nitro benzene ring substituents is 2. The van der Waals surface area contributed by atoms with Gasteiger partial charge in [-0.15, -0.1) is 0 Å². The van der Waals surface area contributed by atoms with Gasteiger partial charge in [-0.25, -0.2) is 0 Å². The van der Waals surface area contributed by atoms with E-state index in [1.165, 1.54) is 0 Å². The summed E-state index contributed by atoms with van der Waals surface area (Å²) < 4.78 is 4.37. The molecule has 9 heteroatoms. The third-order valence-corrected chi connectivity index (χ3v) is 2.41. The molecule has 0 aliphatic heterocycles. The number of methoxy groups -OCH3 is 1. The van der Waals surface area contributed by atoms with E-state index in [2.05, 4.69) is 4.74 Å². The molecule has 0 aromatic heterocycles. The molecule has 1 aromatic carbocycles. The lowest BCUT2D eigenvalue weighted by Crippen LogP contribution is -2.07. The number of rotatable bonds is 4. The summed E-state index contributed by atoms with van der Waals surface area (Å²) in [5.74, 6) is -0.706. The average Bonchev–Trinajstić information content (AvgIpc) is 2.27. The Labute approximate surface area is 105 Å². The van der Waals surface area contributed by atoms with E-state index in [-0.39, 0.29) is 17.0 Å². The zero-order valence-corrected chi connectivity index (χ0v) is 9.84. The van der Waals surface area contributed by atoms with Crippen LogP contribution in [0.2, 0.25) is 5.02 Å². The summed E-state index contributed by atoms with van der Waals surface area (Å²) in [4.78, 5) is 30.8. The quantitative estimate of drug-likeness (QED) is 0.470. The maximum atomic E-state index is 11.1. The van der Waals surface area contributed by atoms with E-state index < -0.39 is 27.2 Å². The Morgan fingerprint density at radius 3 is 2.28 bits per heavy atom. The number of esters is 1. The summed E-state index contributed by atoms with van der Waals surface area (Å²) in [5.41, 5.74) is -1.17. The van der Waals surface area contributed by atoms with Crippen LogP contribution >= 0.6 is 11.6 Å². The number of hydrogen-bond acceptors (Lipinski definition) is 6. The van der Waals surface area contributed by atoms with Gasteiger partial charge in [-0.05, 0) is 6.07 Å². The monoisotopic (exact) mass is 274 g/mol. The number of carbonyl (C=O) groups is 1. The fourth-order valence-corrected chi connectivity index (χ4v) is 1.53. The Balaban J connectivity index is 3.33. The summed E-state index contributed by atoms with van der Waals surface area (Å²) in [6.07, 6.45) is -0.384. The van der Waals surface area contributed by atoms with Crippen molar-refractivity contribution in [3.63, 3.8) is 0 Å². The van der Waals surface area contributed by atoms with Gasteiger partial charge in [0.2, 0.25) is 0 Å². The summed E-state index contributed by atoms with van der Waals surface area (Å²) >= 11 is 5.61. The Kier molecular flexibility index (Phi) is 4.16. The smallest absolute Gasteiger partial charge is 0.310 e. The van der Waals surface area contributed by atoms with Crippen molar-refractivity contribution in [3.05, 3.63) is 42.9 Å². The first-order valence-electron chi connectivity index (χ1n) is 4.54. The second-order valence-electron chi connectivity index (χ2n) is 3.20. The zero-order chi connectivity index (χ0) is 13.9. The normalized spacial score (nSPS) is 9.89. The van der Waals surface area contributed by atoms with Crippen molar-refractivity contribution in [1.29, 1.82) is 0 Å². The number of ether oxygens (including phenoxy) is 1. The largest absolute Gasteiger partial charge is 0.469 e. The highest BCUT2D eigenvalue weighted by Gasteiger charge is 2.24. The lowest BCUT2D eigenvalue weighted by atomic mass is 10.1. The molecule has 0 fully saturated rings. The van der Waals surface area contributed by atoms with Crippen molar-refractivity contribution < 1.29 is 19.4 Å².